The van der Waals surface area contributed by atoms with E-state index in [2.05, 4.69) is 0 Å². The van der Waals surface area contributed by atoms with Gasteiger partial charge in [-0.05, 0) is 31.2 Å². The van der Waals surface area contributed by atoms with Crippen LogP contribution in [0, 0.1) is 5.92 Å². The van der Waals surface area contributed by atoms with Crippen molar-refractivity contribution in [1.29, 1.82) is 0 Å². The number of carbonyl (C=O) groups is 1. The van der Waals surface area contributed by atoms with Crippen molar-refractivity contribution < 1.29 is 19.4 Å². The largest absolute Gasteiger partial charge is 0.383 e. The van der Waals surface area contributed by atoms with Crippen LogP contribution in [0.2, 0.25) is 0 Å². The molecule has 5 nitrogen and oxygen atoms in total. The van der Waals surface area contributed by atoms with Crippen molar-refractivity contribution in [2.24, 2.45) is 5.92 Å². The Morgan fingerprint density at radius 3 is 2.61 bits per heavy atom. The third-order valence-corrected chi connectivity index (χ3v) is 4.71. The molecule has 2 aliphatic heterocycles. The van der Waals surface area contributed by atoms with Crippen molar-refractivity contribution >= 4 is 5.91 Å². The smallest absolute Gasteiger partial charge is 0.251 e. The van der Waals surface area contributed by atoms with Crippen LogP contribution in [0.4, 0.5) is 0 Å². The van der Waals surface area contributed by atoms with Crippen LogP contribution in [-0.2, 0) is 14.3 Å². The molecule has 0 aromatic heterocycles. The zero-order valence-electron chi connectivity index (χ0n) is 13.6. The Labute approximate surface area is 137 Å². The maximum atomic E-state index is 12.7. The van der Waals surface area contributed by atoms with Crippen molar-refractivity contribution in [2.45, 2.75) is 38.1 Å². The van der Waals surface area contributed by atoms with Crippen LogP contribution in [0.15, 0.2) is 30.3 Å². The molecule has 5 heteroatoms. The fourth-order valence-corrected chi connectivity index (χ4v) is 3.40. The number of carbonyl (C=O) groups excluding carboxylic acids is 1. The fourth-order valence-electron chi connectivity index (χ4n) is 3.40. The van der Waals surface area contributed by atoms with E-state index in [1.807, 2.05) is 37.3 Å². The predicted octanol–water partition coefficient (Wildman–Crippen LogP) is 1.76. The van der Waals surface area contributed by atoms with Gasteiger partial charge in [-0.1, -0.05) is 30.3 Å². The van der Waals surface area contributed by atoms with Crippen LogP contribution >= 0.6 is 0 Å². The van der Waals surface area contributed by atoms with E-state index in [9.17, 15) is 9.90 Å². The van der Waals surface area contributed by atoms with Crippen LogP contribution in [-0.4, -0.2) is 54.4 Å². The average Bonchev–Trinajstić information content (AvgIpc) is 2.61. The summed E-state index contributed by atoms with van der Waals surface area (Å²) in [4.78, 5) is 14.5. The van der Waals surface area contributed by atoms with Crippen molar-refractivity contribution in [1.82, 2.24) is 4.90 Å². The second-order valence-corrected chi connectivity index (χ2v) is 6.48. The zero-order chi connectivity index (χ0) is 16.2. The molecule has 1 amide bonds. The molecule has 3 atom stereocenters. The Morgan fingerprint density at radius 2 is 1.91 bits per heavy atom. The summed E-state index contributed by atoms with van der Waals surface area (Å²) in [6.07, 6.45) is 0.385. The van der Waals surface area contributed by atoms with Crippen molar-refractivity contribution in [3.63, 3.8) is 0 Å². The molecule has 0 aliphatic carbocycles. The van der Waals surface area contributed by atoms with Crippen LogP contribution in [0.25, 0.3) is 0 Å². The summed E-state index contributed by atoms with van der Waals surface area (Å²) in [6, 6.07) is 9.94. The van der Waals surface area contributed by atoms with Crippen LogP contribution in [0.3, 0.4) is 0 Å². The molecular weight excluding hydrogens is 294 g/mol. The second kappa shape index (κ2) is 7.43. The molecule has 1 N–H and O–H groups in total. The highest BCUT2D eigenvalue weighted by Gasteiger charge is 2.35. The minimum atomic E-state index is -0.930. The predicted molar refractivity (Wildman–Crippen MR) is 85.9 cm³/mol. The molecule has 1 aromatic carbocycles. The van der Waals surface area contributed by atoms with Gasteiger partial charge < -0.3 is 19.5 Å². The van der Waals surface area contributed by atoms with Crippen molar-refractivity contribution in [3.05, 3.63) is 35.9 Å². The third kappa shape index (κ3) is 3.91. The monoisotopic (exact) mass is 319 g/mol. The summed E-state index contributed by atoms with van der Waals surface area (Å²) in [5, 5.41) is 10.5. The number of rotatable bonds is 3. The number of hydrogen-bond donors (Lipinski definition) is 1. The van der Waals surface area contributed by atoms with Gasteiger partial charge in [0.1, 0.15) is 12.2 Å². The molecule has 0 unspecified atom stereocenters. The molecule has 3 rings (SSSR count). The SMILES string of the molecule is C[C@@H]1CN(C(=O)[C@@H](O)C2CCOCC2)C[C@@H](c2ccccc2)O1. The normalized spacial score (nSPS) is 27.7. The highest BCUT2D eigenvalue weighted by molar-refractivity contribution is 5.81. The number of ether oxygens (including phenoxy) is 2. The number of aliphatic hydroxyl groups is 1. The molecule has 23 heavy (non-hydrogen) atoms. The number of hydrogen-bond acceptors (Lipinski definition) is 4. The number of benzene rings is 1. The third-order valence-electron chi connectivity index (χ3n) is 4.71. The molecule has 2 aliphatic rings. The minimum absolute atomic E-state index is 0.00424. The summed E-state index contributed by atoms with van der Waals surface area (Å²) >= 11 is 0. The number of nitrogens with zero attached hydrogens (tertiary/aromatic N) is 1. The minimum Gasteiger partial charge on any atom is -0.383 e. The van der Waals surface area contributed by atoms with E-state index < -0.39 is 6.10 Å². The van der Waals surface area contributed by atoms with Gasteiger partial charge in [-0.2, -0.15) is 0 Å². The highest BCUT2D eigenvalue weighted by Crippen LogP contribution is 2.27. The van der Waals surface area contributed by atoms with E-state index in [1.54, 1.807) is 4.90 Å². The lowest BCUT2D eigenvalue weighted by Crippen LogP contribution is -2.51. The van der Waals surface area contributed by atoms with Gasteiger partial charge >= 0.3 is 0 Å². The van der Waals surface area contributed by atoms with Gasteiger partial charge in [-0.25, -0.2) is 0 Å². The van der Waals surface area contributed by atoms with Gasteiger partial charge in [0.25, 0.3) is 5.91 Å². The molecule has 0 spiro atoms. The number of morpholine rings is 1. The van der Waals surface area contributed by atoms with Crippen LogP contribution in [0.1, 0.15) is 31.4 Å². The first kappa shape index (κ1) is 16.4. The van der Waals surface area contributed by atoms with Gasteiger partial charge in [0.2, 0.25) is 0 Å². The summed E-state index contributed by atoms with van der Waals surface area (Å²) in [6.45, 7) is 4.24. The molecular formula is C18H25NO4. The number of amides is 1. The Balaban J connectivity index is 1.67. The highest BCUT2D eigenvalue weighted by atomic mass is 16.5. The Bertz CT molecular complexity index is 515. The molecule has 0 saturated carbocycles. The summed E-state index contributed by atoms with van der Waals surface area (Å²) in [7, 11) is 0. The maximum absolute atomic E-state index is 12.7. The van der Waals surface area contributed by atoms with Gasteiger partial charge in [0, 0.05) is 19.8 Å². The van der Waals surface area contributed by atoms with E-state index in [1.165, 1.54) is 0 Å². The van der Waals surface area contributed by atoms with Gasteiger partial charge in [-0.3, -0.25) is 4.79 Å². The number of aliphatic hydroxyl groups excluding tert-OH is 1. The van der Waals surface area contributed by atoms with E-state index in [4.69, 9.17) is 9.47 Å². The lowest BCUT2D eigenvalue weighted by Gasteiger charge is -2.39. The Hall–Kier alpha value is -1.43. The molecule has 0 radical (unpaired) electrons. The molecule has 126 valence electrons. The fraction of sp³-hybridized carbons (Fsp3) is 0.611. The molecule has 2 saturated heterocycles. The lowest BCUT2D eigenvalue weighted by atomic mass is 9.92. The molecule has 1 aromatic rings. The van der Waals surface area contributed by atoms with Gasteiger partial charge in [0.15, 0.2) is 0 Å². The summed E-state index contributed by atoms with van der Waals surface area (Å²) < 4.78 is 11.3. The van der Waals surface area contributed by atoms with Crippen molar-refractivity contribution in [3.8, 4) is 0 Å². The van der Waals surface area contributed by atoms with Crippen LogP contribution in [0.5, 0.6) is 0 Å². The van der Waals surface area contributed by atoms with E-state index in [0.717, 1.165) is 18.4 Å². The second-order valence-electron chi connectivity index (χ2n) is 6.48. The average molecular weight is 319 g/mol. The van der Waals surface area contributed by atoms with Gasteiger partial charge in [-0.15, -0.1) is 0 Å². The van der Waals surface area contributed by atoms with E-state index in [0.29, 0.717) is 26.3 Å². The molecule has 2 heterocycles. The van der Waals surface area contributed by atoms with Crippen molar-refractivity contribution in [2.75, 3.05) is 26.3 Å². The molecule has 2 fully saturated rings. The van der Waals surface area contributed by atoms with Crippen LogP contribution < -0.4 is 0 Å². The van der Waals surface area contributed by atoms with E-state index in [-0.39, 0.29) is 24.0 Å². The standard InChI is InChI=1S/C18H25NO4/c1-13-11-19(12-16(23-13)14-5-3-2-4-6-14)18(21)17(20)15-7-9-22-10-8-15/h2-6,13,15-17,20H,7-12H2,1H3/t13-,16+,17+/m1/s1. The van der Waals surface area contributed by atoms with E-state index >= 15 is 0 Å². The first-order chi connectivity index (χ1) is 11.1. The lowest BCUT2D eigenvalue weighted by molar-refractivity contribution is -0.157. The Kier molecular flexibility index (Phi) is 5.30. The van der Waals surface area contributed by atoms with Gasteiger partial charge in [0.05, 0.1) is 12.6 Å². The first-order valence-electron chi connectivity index (χ1n) is 8.40. The maximum Gasteiger partial charge on any atom is 0.251 e. The first-order valence-corrected chi connectivity index (χ1v) is 8.40. The summed E-state index contributed by atoms with van der Waals surface area (Å²) in [5.74, 6) is -0.169. The summed E-state index contributed by atoms with van der Waals surface area (Å²) in [5.41, 5.74) is 1.07. The molecule has 0 bridgehead atoms. The topological polar surface area (TPSA) is 59.0 Å². The quantitative estimate of drug-likeness (QED) is 0.922. The zero-order valence-corrected chi connectivity index (χ0v) is 13.6. The Morgan fingerprint density at radius 1 is 1.22 bits per heavy atom.